The van der Waals surface area contributed by atoms with Crippen molar-refractivity contribution in [1.29, 1.82) is 0 Å². The zero-order valence-electron chi connectivity index (χ0n) is 17.0. The molecule has 2 aromatic carbocycles. The summed E-state index contributed by atoms with van der Waals surface area (Å²) in [6.07, 6.45) is 0.956. The molecule has 0 saturated carbocycles. The van der Waals surface area contributed by atoms with E-state index in [-0.39, 0.29) is 30.8 Å². The van der Waals surface area contributed by atoms with Gasteiger partial charge in [0.25, 0.3) is 0 Å². The molecule has 0 fully saturated rings. The maximum Gasteiger partial charge on any atom is 0.231 e. The summed E-state index contributed by atoms with van der Waals surface area (Å²) in [6.45, 7) is 4.27. The molecular weight excluding hydrogens is 485 g/mol. The van der Waals surface area contributed by atoms with E-state index in [0.29, 0.717) is 25.7 Å². The Kier molecular flexibility index (Phi) is 9.17. The van der Waals surface area contributed by atoms with Crippen molar-refractivity contribution in [2.75, 3.05) is 27.6 Å². The summed E-state index contributed by atoms with van der Waals surface area (Å²) in [5, 5.41) is 6.61. The van der Waals surface area contributed by atoms with Crippen LogP contribution in [0.15, 0.2) is 41.4 Å². The van der Waals surface area contributed by atoms with Crippen LogP contribution in [0, 0.1) is 0 Å². The van der Waals surface area contributed by atoms with Crippen LogP contribution >= 0.6 is 24.0 Å². The van der Waals surface area contributed by atoms with Gasteiger partial charge in [-0.15, -0.1) is 24.0 Å². The second-order valence-electron chi connectivity index (χ2n) is 6.30. The topological polar surface area (TPSA) is 73.3 Å². The second-order valence-corrected chi connectivity index (χ2v) is 6.30. The van der Waals surface area contributed by atoms with E-state index in [4.69, 9.17) is 18.9 Å². The van der Waals surface area contributed by atoms with Crippen LogP contribution in [0.2, 0.25) is 0 Å². The number of hydrogen-bond acceptors (Lipinski definition) is 5. The van der Waals surface area contributed by atoms with Crippen molar-refractivity contribution < 1.29 is 18.9 Å². The molecule has 0 saturated heterocycles. The van der Waals surface area contributed by atoms with Crippen molar-refractivity contribution in [3.8, 4) is 23.0 Å². The lowest BCUT2D eigenvalue weighted by atomic mass is 10.2. The van der Waals surface area contributed by atoms with E-state index in [0.717, 1.165) is 40.5 Å². The molecule has 1 heterocycles. The fourth-order valence-electron chi connectivity index (χ4n) is 2.80. The molecule has 0 atom stereocenters. The summed E-state index contributed by atoms with van der Waals surface area (Å²) in [6, 6.07) is 11.8. The molecule has 1 aliphatic heterocycles. The van der Waals surface area contributed by atoms with E-state index in [1.807, 2.05) is 36.4 Å². The van der Waals surface area contributed by atoms with Crippen LogP contribution < -0.4 is 29.6 Å². The number of aliphatic imine (C=N–C) groups is 1. The number of guanidine groups is 1. The van der Waals surface area contributed by atoms with E-state index in [1.165, 1.54) is 0 Å². The fraction of sp³-hybridized carbons (Fsp3) is 0.381. The normalized spacial score (nSPS) is 12.2. The van der Waals surface area contributed by atoms with Gasteiger partial charge in [0.2, 0.25) is 6.79 Å². The minimum atomic E-state index is 0. The van der Waals surface area contributed by atoms with Crippen LogP contribution in [0.25, 0.3) is 0 Å². The number of rotatable bonds is 8. The third-order valence-electron chi connectivity index (χ3n) is 4.27. The molecule has 0 aliphatic carbocycles. The second kappa shape index (κ2) is 11.6. The van der Waals surface area contributed by atoms with E-state index in [1.54, 1.807) is 14.2 Å². The van der Waals surface area contributed by atoms with E-state index >= 15 is 0 Å². The third-order valence-corrected chi connectivity index (χ3v) is 4.27. The first-order valence-electron chi connectivity index (χ1n) is 9.36. The van der Waals surface area contributed by atoms with Crippen molar-refractivity contribution >= 4 is 29.9 Å². The zero-order valence-corrected chi connectivity index (χ0v) is 19.3. The smallest absolute Gasteiger partial charge is 0.231 e. The molecule has 158 valence electrons. The number of ether oxygens (including phenoxy) is 4. The number of fused-ring (bicyclic) bond motifs is 1. The lowest BCUT2D eigenvalue weighted by Crippen LogP contribution is -2.36. The Morgan fingerprint density at radius 1 is 1.00 bits per heavy atom. The van der Waals surface area contributed by atoms with E-state index < -0.39 is 0 Å². The van der Waals surface area contributed by atoms with Gasteiger partial charge in [-0.2, -0.15) is 0 Å². The van der Waals surface area contributed by atoms with Crippen LogP contribution in [0.4, 0.5) is 0 Å². The average molecular weight is 513 g/mol. The Bertz CT molecular complexity index is 830. The number of halogens is 1. The minimum absolute atomic E-state index is 0. The quantitative estimate of drug-likeness (QED) is 0.319. The molecule has 1 aliphatic rings. The molecule has 8 heteroatoms. The number of nitrogens with zero attached hydrogens (tertiary/aromatic N) is 1. The Labute approximate surface area is 188 Å². The van der Waals surface area contributed by atoms with Crippen molar-refractivity contribution in [3.63, 3.8) is 0 Å². The molecule has 3 rings (SSSR count). The Morgan fingerprint density at radius 3 is 2.38 bits per heavy atom. The van der Waals surface area contributed by atoms with Crippen LogP contribution in [-0.4, -0.2) is 33.5 Å². The maximum atomic E-state index is 5.70. The first-order valence-corrected chi connectivity index (χ1v) is 9.36. The predicted octanol–water partition coefficient (Wildman–Crippen LogP) is 3.70. The Balaban J connectivity index is 0.00000300. The van der Waals surface area contributed by atoms with Crippen molar-refractivity contribution in [2.45, 2.75) is 26.4 Å². The lowest BCUT2D eigenvalue weighted by Gasteiger charge is -2.14. The molecule has 2 aromatic rings. The highest BCUT2D eigenvalue weighted by atomic mass is 127. The lowest BCUT2D eigenvalue weighted by molar-refractivity contribution is 0.174. The molecule has 7 nitrogen and oxygen atoms in total. The molecule has 0 unspecified atom stereocenters. The van der Waals surface area contributed by atoms with Crippen LogP contribution in [-0.2, 0) is 13.1 Å². The van der Waals surface area contributed by atoms with Gasteiger partial charge in [-0.05, 0) is 41.8 Å². The van der Waals surface area contributed by atoms with Crippen molar-refractivity contribution in [2.24, 2.45) is 4.99 Å². The minimum Gasteiger partial charge on any atom is -0.493 e. The first kappa shape index (κ1) is 22.9. The molecule has 0 bridgehead atoms. The standard InChI is InChI=1S/C21H27N3O4.HI/c1-4-9-26-17-7-5-15(10-19(17)25-3)12-23-21(22-2)24-13-16-6-8-18-20(11-16)28-14-27-18;/h5-8,10-11H,4,9,12-14H2,1-3H3,(H2,22,23,24);1H. The summed E-state index contributed by atoms with van der Waals surface area (Å²) in [4.78, 5) is 4.27. The van der Waals surface area contributed by atoms with Crippen molar-refractivity contribution in [3.05, 3.63) is 47.5 Å². The number of nitrogens with one attached hydrogen (secondary N) is 2. The fourth-order valence-corrected chi connectivity index (χ4v) is 2.80. The van der Waals surface area contributed by atoms with Gasteiger partial charge < -0.3 is 29.6 Å². The molecule has 2 N–H and O–H groups in total. The average Bonchev–Trinajstić information content (AvgIpc) is 3.20. The Morgan fingerprint density at radius 2 is 1.69 bits per heavy atom. The molecule has 0 amide bonds. The Hall–Kier alpha value is -2.36. The summed E-state index contributed by atoms with van der Waals surface area (Å²) in [7, 11) is 3.40. The molecule has 0 aromatic heterocycles. The monoisotopic (exact) mass is 513 g/mol. The molecule has 0 spiro atoms. The first-order chi connectivity index (χ1) is 13.7. The summed E-state index contributed by atoms with van der Waals surface area (Å²) >= 11 is 0. The highest BCUT2D eigenvalue weighted by Crippen LogP contribution is 2.32. The van der Waals surface area contributed by atoms with Gasteiger partial charge in [0, 0.05) is 20.1 Å². The zero-order chi connectivity index (χ0) is 19.8. The number of hydrogen-bond donors (Lipinski definition) is 2. The summed E-state index contributed by atoms with van der Waals surface area (Å²) in [5.74, 6) is 3.77. The van der Waals surface area contributed by atoms with Gasteiger partial charge in [-0.1, -0.05) is 19.1 Å². The third kappa shape index (κ3) is 6.31. The van der Waals surface area contributed by atoms with Gasteiger partial charge >= 0.3 is 0 Å². The van der Waals surface area contributed by atoms with Crippen LogP contribution in [0.1, 0.15) is 24.5 Å². The van der Waals surface area contributed by atoms with Crippen LogP contribution in [0.3, 0.4) is 0 Å². The number of methoxy groups -OCH3 is 1. The van der Waals surface area contributed by atoms with E-state index in [2.05, 4.69) is 22.5 Å². The number of benzene rings is 2. The highest BCUT2D eigenvalue weighted by molar-refractivity contribution is 14.0. The van der Waals surface area contributed by atoms with Gasteiger partial charge in [-0.3, -0.25) is 4.99 Å². The van der Waals surface area contributed by atoms with Crippen molar-refractivity contribution in [1.82, 2.24) is 10.6 Å². The molecular formula is C21H28IN3O4. The maximum absolute atomic E-state index is 5.70. The predicted molar refractivity (Wildman–Crippen MR) is 124 cm³/mol. The van der Waals surface area contributed by atoms with Gasteiger partial charge in [0.15, 0.2) is 29.0 Å². The summed E-state index contributed by atoms with van der Waals surface area (Å²) < 4.78 is 21.9. The largest absolute Gasteiger partial charge is 0.493 e. The summed E-state index contributed by atoms with van der Waals surface area (Å²) in [5.41, 5.74) is 2.16. The molecule has 29 heavy (non-hydrogen) atoms. The van der Waals surface area contributed by atoms with Gasteiger partial charge in [0.05, 0.1) is 13.7 Å². The SMILES string of the molecule is CCCOc1ccc(CNC(=NC)NCc2ccc3c(c2)OCO3)cc1OC.I. The highest BCUT2D eigenvalue weighted by Gasteiger charge is 2.13. The van der Waals surface area contributed by atoms with Gasteiger partial charge in [-0.25, -0.2) is 0 Å². The van der Waals surface area contributed by atoms with E-state index in [9.17, 15) is 0 Å². The van der Waals surface area contributed by atoms with Crippen LogP contribution in [0.5, 0.6) is 23.0 Å². The van der Waals surface area contributed by atoms with Gasteiger partial charge in [0.1, 0.15) is 0 Å². The molecule has 0 radical (unpaired) electrons.